The number of carbonyl (C=O) groups excluding carboxylic acids is 1. The average molecular weight is 285 g/mol. The molecular weight excluding hydrogens is 258 g/mol. The predicted octanol–water partition coefficient (Wildman–Crippen LogP) is 1.27. The second kappa shape index (κ2) is 7.47. The number of nitrogens with one attached hydrogen (secondary N) is 2. The van der Waals surface area contributed by atoms with Crippen molar-refractivity contribution in [2.75, 3.05) is 26.2 Å². The van der Waals surface area contributed by atoms with Gasteiger partial charge in [-0.15, -0.1) is 0 Å². The summed E-state index contributed by atoms with van der Waals surface area (Å²) in [7, 11) is 0. The lowest BCUT2D eigenvalue weighted by Gasteiger charge is -2.35. The van der Waals surface area contributed by atoms with Crippen LogP contribution in [0.1, 0.15) is 40.0 Å². The van der Waals surface area contributed by atoms with Gasteiger partial charge in [-0.3, -0.25) is 4.79 Å². The first-order valence-electron chi connectivity index (χ1n) is 7.37. The van der Waals surface area contributed by atoms with E-state index in [1.807, 2.05) is 11.8 Å². The standard InChI is InChI=1S/C14H27N3O3/c1-4-9-17(11-5-7-15-8-6-11)13(20)16-10-14(2,3)12(18)19/h11,15H,4-10H2,1-3H3,(H,16,20)(H,18,19). The van der Waals surface area contributed by atoms with Crippen LogP contribution in [0, 0.1) is 5.41 Å². The van der Waals surface area contributed by atoms with Gasteiger partial charge in [0.15, 0.2) is 0 Å². The number of aliphatic carboxylic acids is 1. The SMILES string of the molecule is CCCN(C(=O)NCC(C)(C)C(=O)O)C1CCNCC1. The Labute approximate surface area is 120 Å². The number of carboxylic acid groups (broad SMARTS) is 1. The lowest BCUT2D eigenvalue weighted by molar-refractivity contribution is -0.146. The second-order valence-electron chi connectivity index (χ2n) is 6.02. The topological polar surface area (TPSA) is 81.7 Å². The van der Waals surface area contributed by atoms with Gasteiger partial charge in [0, 0.05) is 19.1 Å². The summed E-state index contributed by atoms with van der Waals surface area (Å²) in [5.41, 5.74) is -0.943. The minimum absolute atomic E-state index is 0.145. The van der Waals surface area contributed by atoms with Crippen LogP contribution in [-0.4, -0.2) is 54.2 Å². The van der Waals surface area contributed by atoms with Gasteiger partial charge in [0.2, 0.25) is 0 Å². The Bertz CT molecular complexity index is 339. The van der Waals surface area contributed by atoms with E-state index in [1.165, 1.54) is 0 Å². The molecule has 0 aromatic carbocycles. The molecule has 6 nitrogen and oxygen atoms in total. The highest BCUT2D eigenvalue weighted by molar-refractivity contribution is 5.77. The molecule has 3 N–H and O–H groups in total. The monoisotopic (exact) mass is 285 g/mol. The Morgan fingerprint density at radius 3 is 2.45 bits per heavy atom. The smallest absolute Gasteiger partial charge is 0.317 e. The van der Waals surface area contributed by atoms with E-state index in [0.717, 1.165) is 32.4 Å². The maximum atomic E-state index is 12.3. The summed E-state index contributed by atoms with van der Waals surface area (Å²) in [6, 6.07) is 0.109. The van der Waals surface area contributed by atoms with Crippen LogP contribution < -0.4 is 10.6 Å². The lowest BCUT2D eigenvalue weighted by atomic mass is 9.94. The van der Waals surface area contributed by atoms with Gasteiger partial charge in [0.1, 0.15) is 0 Å². The molecule has 1 heterocycles. The van der Waals surface area contributed by atoms with Crippen LogP contribution in [0.2, 0.25) is 0 Å². The predicted molar refractivity (Wildman–Crippen MR) is 77.7 cm³/mol. The van der Waals surface area contributed by atoms with Crippen molar-refractivity contribution in [3.05, 3.63) is 0 Å². The maximum Gasteiger partial charge on any atom is 0.317 e. The van der Waals surface area contributed by atoms with Crippen molar-refractivity contribution in [3.63, 3.8) is 0 Å². The first-order valence-corrected chi connectivity index (χ1v) is 7.37. The fourth-order valence-corrected chi connectivity index (χ4v) is 2.28. The van der Waals surface area contributed by atoms with Crippen molar-refractivity contribution >= 4 is 12.0 Å². The number of hydrogen-bond acceptors (Lipinski definition) is 3. The van der Waals surface area contributed by atoms with Gasteiger partial charge in [-0.2, -0.15) is 0 Å². The fourth-order valence-electron chi connectivity index (χ4n) is 2.28. The van der Waals surface area contributed by atoms with Crippen molar-refractivity contribution in [1.29, 1.82) is 0 Å². The van der Waals surface area contributed by atoms with Gasteiger partial charge < -0.3 is 20.6 Å². The number of rotatable bonds is 6. The van der Waals surface area contributed by atoms with E-state index in [-0.39, 0.29) is 18.6 Å². The first-order chi connectivity index (χ1) is 9.38. The van der Waals surface area contributed by atoms with Crippen molar-refractivity contribution in [2.45, 2.75) is 46.1 Å². The van der Waals surface area contributed by atoms with E-state index < -0.39 is 11.4 Å². The third kappa shape index (κ3) is 4.67. The van der Waals surface area contributed by atoms with Crippen molar-refractivity contribution < 1.29 is 14.7 Å². The molecule has 0 spiro atoms. The summed E-state index contributed by atoms with van der Waals surface area (Å²) in [4.78, 5) is 25.2. The molecule has 1 saturated heterocycles. The molecule has 0 unspecified atom stereocenters. The van der Waals surface area contributed by atoms with Crippen LogP contribution >= 0.6 is 0 Å². The Hall–Kier alpha value is -1.30. The summed E-state index contributed by atoms with van der Waals surface area (Å²) in [5.74, 6) is -0.901. The van der Waals surface area contributed by atoms with E-state index >= 15 is 0 Å². The molecule has 0 aromatic heterocycles. The lowest BCUT2D eigenvalue weighted by Crippen LogP contribution is -2.52. The summed E-state index contributed by atoms with van der Waals surface area (Å²) < 4.78 is 0. The number of piperidine rings is 1. The van der Waals surface area contributed by atoms with Gasteiger partial charge in [0.25, 0.3) is 0 Å². The zero-order chi connectivity index (χ0) is 15.2. The zero-order valence-corrected chi connectivity index (χ0v) is 12.7. The summed E-state index contributed by atoms with van der Waals surface area (Å²) >= 11 is 0. The summed E-state index contributed by atoms with van der Waals surface area (Å²) in [5, 5.41) is 15.1. The molecular formula is C14H27N3O3. The molecule has 6 heteroatoms. The Morgan fingerprint density at radius 2 is 1.95 bits per heavy atom. The molecule has 20 heavy (non-hydrogen) atoms. The number of carboxylic acids is 1. The molecule has 2 amide bonds. The molecule has 0 saturated carbocycles. The normalized spacial score (nSPS) is 16.8. The largest absolute Gasteiger partial charge is 0.481 e. The van der Waals surface area contributed by atoms with Gasteiger partial charge in [-0.25, -0.2) is 4.79 Å². The van der Waals surface area contributed by atoms with Gasteiger partial charge in [0.05, 0.1) is 5.41 Å². The Balaban J connectivity index is 2.57. The van der Waals surface area contributed by atoms with Crippen LogP contribution in [0.3, 0.4) is 0 Å². The second-order valence-corrected chi connectivity index (χ2v) is 6.02. The van der Waals surface area contributed by atoms with Crippen molar-refractivity contribution in [1.82, 2.24) is 15.5 Å². The highest BCUT2D eigenvalue weighted by atomic mass is 16.4. The molecule has 0 atom stereocenters. The fraction of sp³-hybridized carbons (Fsp3) is 0.857. The van der Waals surface area contributed by atoms with E-state index in [1.54, 1.807) is 13.8 Å². The average Bonchev–Trinajstić information content (AvgIpc) is 2.43. The number of carbonyl (C=O) groups is 2. The molecule has 0 bridgehead atoms. The van der Waals surface area contributed by atoms with Gasteiger partial charge in [-0.1, -0.05) is 6.92 Å². The summed E-state index contributed by atoms with van der Waals surface area (Å²) in [6.07, 6.45) is 2.81. The van der Waals surface area contributed by atoms with E-state index in [0.29, 0.717) is 6.54 Å². The van der Waals surface area contributed by atoms with E-state index in [4.69, 9.17) is 5.11 Å². The molecule has 116 valence electrons. The molecule has 1 fully saturated rings. The van der Waals surface area contributed by atoms with Crippen LogP contribution in [0.25, 0.3) is 0 Å². The highest BCUT2D eigenvalue weighted by Gasteiger charge is 2.30. The van der Waals surface area contributed by atoms with Gasteiger partial charge >= 0.3 is 12.0 Å². The zero-order valence-electron chi connectivity index (χ0n) is 12.7. The summed E-state index contributed by atoms with van der Waals surface area (Å²) in [6.45, 7) is 7.99. The number of urea groups is 1. The molecule has 0 radical (unpaired) electrons. The molecule has 0 aromatic rings. The first kappa shape index (κ1) is 16.8. The number of amides is 2. The van der Waals surface area contributed by atoms with Crippen LogP contribution in [0.5, 0.6) is 0 Å². The highest BCUT2D eigenvalue weighted by Crippen LogP contribution is 2.15. The van der Waals surface area contributed by atoms with Crippen LogP contribution in [0.4, 0.5) is 4.79 Å². The van der Waals surface area contributed by atoms with Crippen molar-refractivity contribution in [3.8, 4) is 0 Å². The van der Waals surface area contributed by atoms with Crippen LogP contribution in [0.15, 0.2) is 0 Å². The third-order valence-corrected chi connectivity index (χ3v) is 3.74. The Morgan fingerprint density at radius 1 is 1.35 bits per heavy atom. The molecule has 1 rings (SSSR count). The Kier molecular flexibility index (Phi) is 6.26. The molecule has 1 aliphatic heterocycles. The molecule has 1 aliphatic rings. The number of nitrogens with zero attached hydrogens (tertiary/aromatic N) is 1. The quantitative estimate of drug-likeness (QED) is 0.686. The molecule has 0 aliphatic carbocycles. The third-order valence-electron chi connectivity index (χ3n) is 3.74. The maximum absolute atomic E-state index is 12.3. The van der Waals surface area contributed by atoms with E-state index in [9.17, 15) is 9.59 Å². The van der Waals surface area contributed by atoms with Gasteiger partial charge in [-0.05, 0) is 46.2 Å². The van der Waals surface area contributed by atoms with E-state index in [2.05, 4.69) is 10.6 Å². The minimum atomic E-state index is -0.943. The van der Waals surface area contributed by atoms with Crippen LogP contribution in [-0.2, 0) is 4.79 Å². The minimum Gasteiger partial charge on any atom is -0.481 e. The van der Waals surface area contributed by atoms with Crippen molar-refractivity contribution in [2.24, 2.45) is 5.41 Å². The number of hydrogen-bond donors (Lipinski definition) is 3.